The summed E-state index contributed by atoms with van der Waals surface area (Å²) in [6, 6.07) is 15.1. The summed E-state index contributed by atoms with van der Waals surface area (Å²) >= 11 is 12.3. The molecule has 6 heteroatoms. The van der Waals surface area contributed by atoms with Crippen LogP contribution in [0, 0.1) is 5.92 Å². The molecule has 1 aliphatic carbocycles. The highest BCUT2D eigenvalue weighted by Gasteiger charge is 2.43. The van der Waals surface area contributed by atoms with E-state index in [-0.39, 0.29) is 17.7 Å². The number of carbonyl (C=O) groups is 1. The van der Waals surface area contributed by atoms with Crippen LogP contribution < -0.4 is 5.43 Å². The van der Waals surface area contributed by atoms with E-state index in [9.17, 15) is 4.79 Å². The van der Waals surface area contributed by atoms with Crippen molar-refractivity contribution < 1.29 is 4.79 Å². The van der Waals surface area contributed by atoms with Gasteiger partial charge in [-0.05, 0) is 53.8 Å². The standard InChI is InChI=1S/C20H15Cl2N3O/c21-15-5-1-3-13(9-15)16-10-17(16)20(26)25-24-11-12-7-14-4-2-6-23-19(14)18(22)8-12/h1-9,11,16-17H,10H2,(H,25,26)/b24-11+/t16-,17+/m0/s1. The first-order valence-corrected chi connectivity index (χ1v) is 9.00. The van der Waals surface area contributed by atoms with Gasteiger partial charge >= 0.3 is 0 Å². The van der Waals surface area contributed by atoms with Crippen molar-refractivity contribution >= 4 is 46.2 Å². The molecule has 1 N–H and O–H groups in total. The largest absolute Gasteiger partial charge is 0.273 e. The van der Waals surface area contributed by atoms with E-state index in [1.807, 2.05) is 42.5 Å². The summed E-state index contributed by atoms with van der Waals surface area (Å²) in [5, 5.41) is 6.24. The van der Waals surface area contributed by atoms with E-state index in [0.29, 0.717) is 10.0 Å². The van der Waals surface area contributed by atoms with Gasteiger partial charge in [0.25, 0.3) is 0 Å². The third-order valence-corrected chi connectivity index (χ3v) is 5.00. The van der Waals surface area contributed by atoms with Gasteiger partial charge in [-0.2, -0.15) is 5.10 Å². The molecule has 2 atom stereocenters. The summed E-state index contributed by atoms with van der Waals surface area (Å²) in [5.74, 6) is 0.0693. The van der Waals surface area contributed by atoms with Crippen molar-refractivity contribution in [2.45, 2.75) is 12.3 Å². The summed E-state index contributed by atoms with van der Waals surface area (Å²) in [5.41, 5.74) is 5.26. The first kappa shape index (κ1) is 17.0. The van der Waals surface area contributed by atoms with Gasteiger partial charge in [0.2, 0.25) is 5.91 Å². The van der Waals surface area contributed by atoms with Crippen molar-refractivity contribution in [2.75, 3.05) is 0 Å². The average molecular weight is 384 g/mol. The molecule has 26 heavy (non-hydrogen) atoms. The van der Waals surface area contributed by atoms with Crippen LogP contribution in [0.15, 0.2) is 59.8 Å². The number of carbonyl (C=O) groups excluding carboxylic acids is 1. The second kappa shape index (κ2) is 7.06. The first-order valence-electron chi connectivity index (χ1n) is 8.24. The number of aromatic nitrogens is 1. The average Bonchev–Trinajstić information content (AvgIpc) is 3.43. The summed E-state index contributed by atoms with van der Waals surface area (Å²) in [6.45, 7) is 0. The van der Waals surface area contributed by atoms with Crippen LogP contribution in [0.5, 0.6) is 0 Å². The van der Waals surface area contributed by atoms with Crippen molar-refractivity contribution in [1.82, 2.24) is 10.4 Å². The van der Waals surface area contributed by atoms with Gasteiger partial charge < -0.3 is 0 Å². The fourth-order valence-electron chi connectivity index (χ4n) is 3.09. The SMILES string of the molecule is O=C(N/N=C/c1cc(Cl)c2ncccc2c1)[C@@H]1C[C@H]1c1cccc(Cl)c1. The van der Waals surface area contributed by atoms with Crippen LogP contribution >= 0.6 is 23.2 Å². The zero-order valence-corrected chi connectivity index (χ0v) is 15.2. The predicted octanol–water partition coefficient (Wildman–Crippen LogP) is 4.80. The summed E-state index contributed by atoms with van der Waals surface area (Å²) < 4.78 is 0. The van der Waals surface area contributed by atoms with Gasteiger partial charge in [-0.15, -0.1) is 0 Å². The molecule has 2 aromatic carbocycles. The molecule has 0 bridgehead atoms. The van der Waals surface area contributed by atoms with Gasteiger partial charge in [0.05, 0.1) is 16.8 Å². The van der Waals surface area contributed by atoms with Crippen molar-refractivity contribution in [3.63, 3.8) is 0 Å². The molecule has 0 saturated heterocycles. The highest BCUT2D eigenvalue weighted by Crippen LogP contribution is 2.47. The molecule has 130 valence electrons. The van der Waals surface area contributed by atoms with Crippen molar-refractivity contribution in [3.8, 4) is 0 Å². The summed E-state index contributed by atoms with van der Waals surface area (Å²) in [4.78, 5) is 16.5. The van der Waals surface area contributed by atoms with E-state index >= 15 is 0 Å². The van der Waals surface area contributed by atoms with Crippen molar-refractivity contribution in [1.29, 1.82) is 0 Å². The van der Waals surface area contributed by atoms with Gasteiger partial charge in [-0.25, -0.2) is 5.43 Å². The summed E-state index contributed by atoms with van der Waals surface area (Å²) in [6.07, 6.45) is 4.11. The van der Waals surface area contributed by atoms with Crippen LogP contribution in [-0.4, -0.2) is 17.1 Å². The molecule has 0 aliphatic heterocycles. The fourth-order valence-corrected chi connectivity index (χ4v) is 3.57. The normalized spacial score (nSPS) is 19.0. The smallest absolute Gasteiger partial charge is 0.243 e. The molecule has 1 heterocycles. The molecule has 4 rings (SSSR count). The molecular weight excluding hydrogens is 369 g/mol. The van der Waals surface area contributed by atoms with Gasteiger partial charge in [-0.3, -0.25) is 9.78 Å². The highest BCUT2D eigenvalue weighted by atomic mass is 35.5. The maximum Gasteiger partial charge on any atom is 0.243 e. The molecule has 3 aromatic rings. The predicted molar refractivity (Wildman–Crippen MR) is 105 cm³/mol. The van der Waals surface area contributed by atoms with E-state index in [0.717, 1.165) is 28.5 Å². The lowest BCUT2D eigenvalue weighted by Gasteiger charge is -2.02. The number of hydrazone groups is 1. The van der Waals surface area contributed by atoms with Gasteiger partial charge in [0.15, 0.2) is 0 Å². The summed E-state index contributed by atoms with van der Waals surface area (Å²) in [7, 11) is 0. The number of halogens is 2. The lowest BCUT2D eigenvalue weighted by atomic mass is 10.1. The number of hydrogen-bond donors (Lipinski definition) is 1. The Morgan fingerprint density at radius 3 is 2.92 bits per heavy atom. The molecule has 1 fully saturated rings. The fraction of sp³-hybridized carbons (Fsp3) is 0.150. The Kier molecular flexibility index (Phi) is 4.62. The third kappa shape index (κ3) is 3.57. The van der Waals surface area contributed by atoms with Crippen LogP contribution in [0.4, 0.5) is 0 Å². The topological polar surface area (TPSA) is 54.4 Å². The second-order valence-electron chi connectivity index (χ2n) is 6.32. The van der Waals surface area contributed by atoms with E-state index in [1.165, 1.54) is 0 Å². The van der Waals surface area contributed by atoms with Gasteiger partial charge in [0.1, 0.15) is 0 Å². The van der Waals surface area contributed by atoms with Crippen molar-refractivity contribution in [2.24, 2.45) is 11.0 Å². The first-order chi connectivity index (χ1) is 12.6. The number of fused-ring (bicyclic) bond motifs is 1. The molecule has 1 saturated carbocycles. The molecule has 0 radical (unpaired) electrons. The Hall–Kier alpha value is -2.43. The molecule has 0 spiro atoms. The van der Waals surface area contributed by atoms with Crippen LogP contribution in [0.25, 0.3) is 10.9 Å². The second-order valence-corrected chi connectivity index (χ2v) is 7.16. The molecule has 1 aliphatic rings. The third-order valence-electron chi connectivity index (χ3n) is 4.47. The Morgan fingerprint density at radius 1 is 1.19 bits per heavy atom. The Bertz CT molecular complexity index is 1020. The van der Waals surface area contributed by atoms with Crippen LogP contribution in [0.3, 0.4) is 0 Å². The number of amides is 1. The molecule has 4 nitrogen and oxygen atoms in total. The van der Waals surface area contributed by atoms with E-state index in [2.05, 4.69) is 15.5 Å². The Balaban J connectivity index is 1.41. The number of nitrogens with one attached hydrogen (secondary N) is 1. The molecule has 1 amide bonds. The minimum Gasteiger partial charge on any atom is -0.273 e. The van der Waals surface area contributed by atoms with E-state index in [4.69, 9.17) is 23.2 Å². The molecule has 0 unspecified atom stereocenters. The zero-order valence-electron chi connectivity index (χ0n) is 13.7. The zero-order chi connectivity index (χ0) is 18.1. The van der Waals surface area contributed by atoms with Crippen LogP contribution in [0.1, 0.15) is 23.5 Å². The molecule has 1 aromatic heterocycles. The van der Waals surface area contributed by atoms with Crippen LogP contribution in [-0.2, 0) is 4.79 Å². The van der Waals surface area contributed by atoms with Crippen molar-refractivity contribution in [3.05, 3.63) is 75.9 Å². The maximum atomic E-state index is 12.2. The number of benzene rings is 2. The molecular formula is C20H15Cl2N3O. The van der Waals surface area contributed by atoms with E-state index in [1.54, 1.807) is 18.5 Å². The Morgan fingerprint density at radius 2 is 2.08 bits per heavy atom. The minimum atomic E-state index is -0.0835. The minimum absolute atomic E-state index is 0.0602. The number of rotatable bonds is 4. The number of pyridine rings is 1. The number of nitrogens with zero attached hydrogens (tertiary/aromatic N) is 2. The van der Waals surface area contributed by atoms with Crippen LogP contribution in [0.2, 0.25) is 10.0 Å². The van der Waals surface area contributed by atoms with E-state index < -0.39 is 0 Å². The maximum absolute atomic E-state index is 12.2. The van der Waals surface area contributed by atoms with Gasteiger partial charge in [-0.1, -0.05) is 41.4 Å². The quantitative estimate of drug-likeness (QED) is 0.519. The lowest BCUT2D eigenvalue weighted by molar-refractivity contribution is -0.122. The highest BCUT2D eigenvalue weighted by molar-refractivity contribution is 6.35. The lowest BCUT2D eigenvalue weighted by Crippen LogP contribution is -2.20. The Labute approximate surface area is 160 Å². The van der Waals surface area contributed by atoms with Gasteiger partial charge in [0, 0.05) is 22.5 Å². The number of hydrogen-bond acceptors (Lipinski definition) is 3. The monoisotopic (exact) mass is 383 g/mol.